The molecule has 0 fully saturated rings. The van der Waals surface area contributed by atoms with E-state index >= 15 is 0 Å². The molecule has 132 valence electrons. The van der Waals surface area contributed by atoms with Crippen molar-refractivity contribution in [3.63, 3.8) is 0 Å². The molecule has 0 aliphatic rings. The molecule has 0 heterocycles. The van der Waals surface area contributed by atoms with Gasteiger partial charge in [0.1, 0.15) is 5.75 Å². The van der Waals surface area contributed by atoms with Crippen LogP contribution in [0.15, 0.2) is 42.5 Å². The minimum absolute atomic E-state index is 0.106. The molecule has 0 spiro atoms. The number of ether oxygens (including phenoxy) is 2. The van der Waals surface area contributed by atoms with Gasteiger partial charge in [-0.15, -0.1) is 0 Å². The Balaban J connectivity index is 2.05. The van der Waals surface area contributed by atoms with Crippen LogP contribution in [0, 0.1) is 0 Å². The van der Waals surface area contributed by atoms with Crippen LogP contribution in [0.4, 0.5) is 5.69 Å². The molecule has 0 atom stereocenters. The zero-order valence-electron chi connectivity index (χ0n) is 14.2. The van der Waals surface area contributed by atoms with Crippen molar-refractivity contribution in [2.75, 3.05) is 19.5 Å². The predicted molar refractivity (Wildman–Crippen MR) is 94.1 cm³/mol. The van der Waals surface area contributed by atoms with Crippen molar-refractivity contribution in [3.8, 4) is 5.75 Å². The van der Waals surface area contributed by atoms with Gasteiger partial charge in [-0.2, -0.15) is 0 Å². The van der Waals surface area contributed by atoms with Crippen molar-refractivity contribution >= 4 is 17.6 Å². The van der Waals surface area contributed by atoms with Gasteiger partial charge in [0, 0.05) is 19.2 Å². The van der Waals surface area contributed by atoms with E-state index in [1.54, 1.807) is 13.2 Å². The molecule has 2 N–H and O–H groups in total. The molecular formula is C19H21NO5. The highest BCUT2D eigenvalue weighted by Gasteiger charge is 2.11. The summed E-state index contributed by atoms with van der Waals surface area (Å²) in [4.78, 5) is 23.4. The second-order valence-corrected chi connectivity index (χ2v) is 5.52. The van der Waals surface area contributed by atoms with Gasteiger partial charge in [0.25, 0.3) is 0 Å². The zero-order chi connectivity index (χ0) is 18.2. The van der Waals surface area contributed by atoms with Crippen LogP contribution in [0.25, 0.3) is 0 Å². The highest BCUT2D eigenvalue weighted by atomic mass is 16.5. The standard InChI is InChI=1S/C19H21NO5/c1-24-12-13-9-15(19(22)23)11-16(10-13)20-18(21)8-7-14-5-3-4-6-17(14)25-2/h3-6,9-11H,7-8,12H2,1-2H3,(H,20,21)(H,22,23). The second-order valence-electron chi connectivity index (χ2n) is 5.52. The number of amides is 1. The molecule has 6 heteroatoms. The van der Waals surface area contributed by atoms with E-state index in [1.807, 2.05) is 24.3 Å². The number of carbonyl (C=O) groups excluding carboxylic acids is 1. The minimum atomic E-state index is -1.05. The largest absolute Gasteiger partial charge is 0.496 e. The summed E-state index contributed by atoms with van der Waals surface area (Å²) in [6, 6.07) is 12.2. The Morgan fingerprint density at radius 3 is 2.56 bits per heavy atom. The number of aromatic carboxylic acids is 1. The minimum Gasteiger partial charge on any atom is -0.496 e. The van der Waals surface area contributed by atoms with Gasteiger partial charge < -0.3 is 19.9 Å². The molecule has 2 aromatic carbocycles. The molecule has 0 unspecified atom stereocenters. The van der Waals surface area contributed by atoms with Gasteiger partial charge in [-0.05, 0) is 41.8 Å². The number of para-hydroxylation sites is 1. The summed E-state index contributed by atoms with van der Waals surface area (Å²) >= 11 is 0. The molecule has 0 bridgehead atoms. The van der Waals surface area contributed by atoms with Crippen molar-refractivity contribution in [3.05, 3.63) is 59.2 Å². The maximum Gasteiger partial charge on any atom is 0.335 e. The summed E-state index contributed by atoms with van der Waals surface area (Å²) in [5.41, 5.74) is 2.17. The van der Waals surface area contributed by atoms with Gasteiger partial charge in [0.15, 0.2) is 0 Å². The SMILES string of the molecule is COCc1cc(NC(=O)CCc2ccccc2OC)cc(C(=O)O)c1. The van der Waals surface area contributed by atoms with Crippen molar-refractivity contribution in [2.24, 2.45) is 0 Å². The zero-order valence-corrected chi connectivity index (χ0v) is 14.2. The van der Waals surface area contributed by atoms with E-state index in [2.05, 4.69) is 5.32 Å². The van der Waals surface area contributed by atoms with Crippen LogP contribution in [0.3, 0.4) is 0 Å². The van der Waals surface area contributed by atoms with Crippen LogP contribution >= 0.6 is 0 Å². The van der Waals surface area contributed by atoms with E-state index in [0.29, 0.717) is 17.7 Å². The van der Waals surface area contributed by atoms with Crippen LogP contribution < -0.4 is 10.1 Å². The van der Waals surface area contributed by atoms with E-state index in [9.17, 15) is 14.7 Å². The fraction of sp³-hybridized carbons (Fsp3) is 0.263. The van der Waals surface area contributed by atoms with Crippen LogP contribution in [-0.4, -0.2) is 31.2 Å². The lowest BCUT2D eigenvalue weighted by Crippen LogP contribution is -2.13. The first-order valence-corrected chi connectivity index (χ1v) is 7.81. The van der Waals surface area contributed by atoms with E-state index < -0.39 is 5.97 Å². The monoisotopic (exact) mass is 343 g/mol. The summed E-state index contributed by atoms with van der Waals surface area (Å²) in [6.07, 6.45) is 0.788. The van der Waals surface area contributed by atoms with Gasteiger partial charge in [-0.25, -0.2) is 4.79 Å². The highest BCUT2D eigenvalue weighted by molar-refractivity contribution is 5.94. The van der Waals surface area contributed by atoms with Crippen molar-refractivity contribution in [1.82, 2.24) is 0 Å². The van der Waals surface area contributed by atoms with E-state index in [1.165, 1.54) is 19.2 Å². The number of nitrogens with one attached hydrogen (secondary N) is 1. The molecular weight excluding hydrogens is 322 g/mol. The number of hydrogen-bond donors (Lipinski definition) is 2. The van der Waals surface area contributed by atoms with Gasteiger partial charge >= 0.3 is 5.97 Å². The molecule has 25 heavy (non-hydrogen) atoms. The third-order valence-corrected chi connectivity index (χ3v) is 3.65. The van der Waals surface area contributed by atoms with Gasteiger partial charge in [-0.3, -0.25) is 4.79 Å². The van der Waals surface area contributed by atoms with E-state index in [0.717, 1.165) is 11.3 Å². The normalized spacial score (nSPS) is 10.3. The maximum atomic E-state index is 12.2. The first-order valence-electron chi connectivity index (χ1n) is 7.81. The molecule has 0 aliphatic heterocycles. The van der Waals surface area contributed by atoms with Crippen LogP contribution in [0.5, 0.6) is 5.75 Å². The van der Waals surface area contributed by atoms with E-state index in [4.69, 9.17) is 9.47 Å². The van der Waals surface area contributed by atoms with E-state index in [-0.39, 0.29) is 24.5 Å². The fourth-order valence-corrected chi connectivity index (χ4v) is 2.52. The Labute approximate surface area is 146 Å². The maximum absolute atomic E-state index is 12.2. The van der Waals surface area contributed by atoms with Crippen LogP contribution in [0.1, 0.15) is 27.9 Å². The summed E-state index contributed by atoms with van der Waals surface area (Å²) in [5, 5.41) is 11.9. The van der Waals surface area contributed by atoms with Gasteiger partial charge in [0.2, 0.25) is 5.91 Å². The number of rotatable bonds is 8. The predicted octanol–water partition coefficient (Wildman–Crippen LogP) is 3.11. The number of methoxy groups -OCH3 is 2. The molecule has 1 amide bonds. The van der Waals surface area contributed by atoms with Crippen LogP contribution in [-0.2, 0) is 22.6 Å². The highest BCUT2D eigenvalue weighted by Crippen LogP contribution is 2.20. The first-order chi connectivity index (χ1) is 12.0. The number of hydrogen-bond acceptors (Lipinski definition) is 4. The van der Waals surface area contributed by atoms with Crippen LogP contribution in [0.2, 0.25) is 0 Å². The lowest BCUT2D eigenvalue weighted by Gasteiger charge is -2.10. The number of anilines is 1. The van der Waals surface area contributed by atoms with Crippen molar-refractivity contribution in [2.45, 2.75) is 19.4 Å². The average molecular weight is 343 g/mol. The number of carboxylic acids is 1. The second kappa shape index (κ2) is 8.84. The Hall–Kier alpha value is -2.86. The molecule has 0 saturated carbocycles. The number of benzene rings is 2. The van der Waals surface area contributed by atoms with Crippen molar-refractivity contribution < 1.29 is 24.2 Å². The number of carboxylic acid groups (broad SMARTS) is 1. The molecule has 6 nitrogen and oxygen atoms in total. The average Bonchev–Trinajstić information content (AvgIpc) is 2.60. The fourth-order valence-electron chi connectivity index (χ4n) is 2.52. The third kappa shape index (κ3) is 5.32. The Morgan fingerprint density at radius 2 is 1.88 bits per heavy atom. The lowest BCUT2D eigenvalue weighted by atomic mass is 10.1. The molecule has 0 aromatic heterocycles. The molecule has 0 aliphatic carbocycles. The molecule has 0 radical (unpaired) electrons. The number of carbonyl (C=O) groups is 2. The quantitative estimate of drug-likeness (QED) is 0.769. The smallest absolute Gasteiger partial charge is 0.335 e. The molecule has 2 aromatic rings. The Bertz CT molecular complexity index is 757. The summed E-state index contributed by atoms with van der Waals surface area (Å²) < 4.78 is 10.3. The molecule has 2 rings (SSSR count). The topological polar surface area (TPSA) is 84.9 Å². The summed E-state index contributed by atoms with van der Waals surface area (Å²) in [5.74, 6) is -0.509. The lowest BCUT2D eigenvalue weighted by molar-refractivity contribution is -0.116. The number of aryl methyl sites for hydroxylation is 1. The first kappa shape index (κ1) is 18.5. The van der Waals surface area contributed by atoms with Gasteiger partial charge in [0.05, 0.1) is 19.3 Å². The molecule has 0 saturated heterocycles. The van der Waals surface area contributed by atoms with Crippen molar-refractivity contribution in [1.29, 1.82) is 0 Å². The van der Waals surface area contributed by atoms with Gasteiger partial charge in [-0.1, -0.05) is 18.2 Å². The summed E-state index contributed by atoms with van der Waals surface area (Å²) in [7, 11) is 3.12. The third-order valence-electron chi connectivity index (χ3n) is 3.65. The Kier molecular flexibility index (Phi) is 6.54. The Morgan fingerprint density at radius 1 is 1.12 bits per heavy atom. The summed E-state index contributed by atoms with van der Waals surface area (Å²) in [6.45, 7) is 0.269.